The van der Waals surface area contributed by atoms with Crippen molar-refractivity contribution >= 4 is 17.7 Å². The average molecular weight is 378 g/mol. The van der Waals surface area contributed by atoms with Crippen LogP contribution in [0.2, 0.25) is 0 Å². The maximum Gasteiger partial charge on any atom is 0.416 e. The summed E-state index contributed by atoms with van der Waals surface area (Å²) in [4.78, 5) is 16.0. The van der Waals surface area contributed by atoms with Gasteiger partial charge in [-0.1, -0.05) is 12.1 Å². The van der Waals surface area contributed by atoms with E-state index in [2.05, 4.69) is 4.90 Å². The van der Waals surface area contributed by atoms with E-state index in [1.165, 1.54) is 36.4 Å². The molecule has 0 saturated carbocycles. The SMILES string of the molecule is O=C(/C=C/c1ccc(C(F)(F)F)cc1)N1CCN(c2ccc(F)cc2)CC1. The van der Waals surface area contributed by atoms with Crippen LogP contribution >= 0.6 is 0 Å². The minimum atomic E-state index is -4.37. The molecule has 0 bridgehead atoms. The largest absolute Gasteiger partial charge is 0.416 e. The van der Waals surface area contributed by atoms with Gasteiger partial charge in [-0.15, -0.1) is 0 Å². The molecule has 2 aromatic carbocycles. The van der Waals surface area contributed by atoms with Crippen molar-refractivity contribution in [1.29, 1.82) is 0 Å². The van der Waals surface area contributed by atoms with Gasteiger partial charge in [0, 0.05) is 37.9 Å². The number of amides is 1. The lowest BCUT2D eigenvalue weighted by Gasteiger charge is -2.35. The third-order valence-electron chi connectivity index (χ3n) is 4.44. The molecular formula is C20H18F4N2O. The fourth-order valence-electron chi connectivity index (χ4n) is 2.89. The zero-order chi connectivity index (χ0) is 19.4. The molecule has 0 aliphatic carbocycles. The Kier molecular flexibility index (Phi) is 5.48. The Morgan fingerprint density at radius 3 is 2.04 bits per heavy atom. The minimum absolute atomic E-state index is 0.186. The molecule has 7 heteroatoms. The number of anilines is 1. The molecule has 0 atom stereocenters. The first-order chi connectivity index (χ1) is 12.8. The second kappa shape index (κ2) is 7.82. The molecule has 2 aromatic rings. The van der Waals surface area contributed by atoms with Gasteiger partial charge in [0.2, 0.25) is 5.91 Å². The maximum absolute atomic E-state index is 13.0. The Hall–Kier alpha value is -2.83. The zero-order valence-corrected chi connectivity index (χ0v) is 14.4. The van der Waals surface area contributed by atoms with E-state index >= 15 is 0 Å². The Morgan fingerprint density at radius 1 is 0.889 bits per heavy atom. The Bertz CT molecular complexity index is 805. The number of hydrogen-bond donors (Lipinski definition) is 0. The smallest absolute Gasteiger partial charge is 0.368 e. The molecular weight excluding hydrogens is 360 g/mol. The van der Waals surface area contributed by atoms with Gasteiger partial charge in [0.1, 0.15) is 5.82 Å². The van der Waals surface area contributed by atoms with Crippen LogP contribution in [-0.4, -0.2) is 37.0 Å². The normalized spacial score (nSPS) is 15.4. The number of alkyl halides is 3. The predicted molar refractivity (Wildman–Crippen MR) is 95.7 cm³/mol. The van der Waals surface area contributed by atoms with E-state index in [0.717, 1.165) is 17.8 Å². The Labute approximate surface area is 154 Å². The van der Waals surface area contributed by atoms with Gasteiger partial charge in [-0.05, 0) is 48.0 Å². The van der Waals surface area contributed by atoms with Crippen molar-refractivity contribution in [2.75, 3.05) is 31.1 Å². The van der Waals surface area contributed by atoms with Crippen molar-refractivity contribution in [3.05, 3.63) is 71.6 Å². The highest BCUT2D eigenvalue weighted by Gasteiger charge is 2.29. The number of benzene rings is 2. The third kappa shape index (κ3) is 4.87. The summed E-state index contributed by atoms with van der Waals surface area (Å²) < 4.78 is 50.6. The maximum atomic E-state index is 13.0. The van der Waals surface area contributed by atoms with E-state index in [-0.39, 0.29) is 11.7 Å². The number of carbonyl (C=O) groups is 1. The van der Waals surface area contributed by atoms with E-state index in [4.69, 9.17) is 0 Å². The van der Waals surface area contributed by atoms with Crippen LogP contribution in [0.4, 0.5) is 23.2 Å². The first-order valence-electron chi connectivity index (χ1n) is 8.48. The quantitative estimate of drug-likeness (QED) is 0.590. The molecule has 0 aromatic heterocycles. The van der Waals surface area contributed by atoms with Crippen molar-refractivity contribution in [2.24, 2.45) is 0 Å². The highest BCUT2D eigenvalue weighted by Crippen LogP contribution is 2.29. The number of hydrogen-bond acceptors (Lipinski definition) is 2. The molecule has 0 radical (unpaired) electrons. The summed E-state index contributed by atoms with van der Waals surface area (Å²) >= 11 is 0. The lowest BCUT2D eigenvalue weighted by Crippen LogP contribution is -2.48. The van der Waals surface area contributed by atoms with Crippen molar-refractivity contribution in [2.45, 2.75) is 6.18 Å². The lowest BCUT2D eigenvalue weighted by atomic mass is 10.1. The van der Waals surface area contributed by atoms with Gasteiger partial charge in [-0.25, -0.2) is 4.39 Å². The van der Waals surface area contributed by atoms with E-state index in [1.54, 1.807) is 17.0 Å². The fraction of sp³-hybridized carbons (Fsp3) is 0.250. The lowest BCUT2D eigenvalue weighted by molar-refractivity contribution is -0.137. The molecule has 0 N–H and O–H groups in total. The summed E-state index contributed by atoms with van der Waals surface area (Å²) in [5.74, 6) is -0.477. The molecule has 27 heavy (non-hydrogen) atoms. The highest BCUT2D eigenvalue weighted by molar-refractivity contribution is 5.92. The standard InChI is InChI=1S/C20H18F4N2O/c21-17-6-8-18(9-7-17)25-11-13-26(14-12-25)19(27)10-3-15-1-4-16(5-2-15)20(22,23)24/h1-10H,11-14H2/b10-3+. The van der Waals surface area contributed by atoms with E-state index in [0.29, 0.717) is 31.7 Å². The number of rotatable bonds is 3. The van der Waals surface area contributed by atoms with Gasteiger partial charge in [0.15, 0.2) is 0 Å². The predicted octanol–water partition coefficient (Wildman–Crippen LogP) is 4.21. The third-order valence-corrected chi connectivity index (χ3v) is 4.44. The Balaban J connectivity index is 1.54. The van der Waals surface area contributed by atoms with E-state index in [9.17, 15) is 22.4 Å². The highest BCUT2D eigenvalue weighted by atomic mass is 19.4. The van der Waals surface area contributed by atoms with Crippen LogP contribution in [0.15, 0.2) is 54.6 Å². The van der Waals surface area contributed by atoms with E-state index < -0.39 is 11.7 Å². The number of nitrogens with zero attached hydrogens (tertiary/aromatic N) is 2. The molecule has 3 nitrogen and oxygen atoms in total. The van der Waals surface area contributed by atoms with Crippen LogP contribution in [0.3, 0.4) is 0 Å². The summed E-state index contributed by atoms with van der Waals surface area (Å²) in [6, 6.07) is 10.9. The van der Waals surface area contributed by atoms with E-state index in [1.807, 2.05) is 0 Å². The van der Waals surface area contributed by atoms with Crippen molar-refractivity contribution in [1.82, 2.24) is 4.90 Å². The molecule has 0 unspecified atom stereocenters. The first-order valence-corrected chi connectivity index (χ1v) is 8.48. The van der Waals surface area contributed by atoms with Crippen LogP contribution in [-0.2, 0) is 11.0 Å². The topological polar surface area (TPSA) is 23.6 Å². The van der Waals surface area contributed by atoms with Crippen LogP contribution < -0.4 is 4.90 Å². The van der Waals surface area contributed by atoms with Crippen molar-refractivity contribution in [3.8, 4) is 0 Å². The molecule has 1 fully saturated rings. The summed E-state index contributed by atoms with van der Waals surface area (Å²) in [6.07, 6.45) is -1.49. The first kappa shape index (κ1) is 18.9. The number of carbonyl (C=O) groups excluding carboxylic acids is 1. The molecule has 1 amide bonds. The van der Waals surface area contributed by atoms with Gasteiger partial charge in [0.05, 0.1) is 5.56 Å². The van der Waals surface area contributed by atoms with Crippen LogP contribution in [0.5, 0.6) is 0 Å². The molecule has 1 heterocycles. The molecule has 142 valence electrons. The average Bonchev–Trinajstić information content (AvgIpc) is 2.66. The molecule has 1 aliphatic rings. The molecule has 3 rings (SSSR count). The summed E-state index contributed by atoms with van der Waals surface area (Å²) in [6.45, 7) is 2.30. The zero-order valence-electron chi connectivity index (χ0n) is 14.4. The van der Waals surface area contributed by atoms with Crippen molar-refractivity contribution in [3.63, 3.8) is 0 Å². The Morgan fingerprint density at radius 2 is 1.48 bits per heavy atom. The van der Waals surface area contributed by atoms with Gasteiger partial charge in [-0.2, -0.15) is 13.2 Å². The van der Waals surface area contributed by atoms with Gasteiger partial charge >= 0.3 is 6.18 Å². The second-order valence-electron chi connectivity index (χ2n) is 6.24. The molecule has 1 saturated heterocycles. The second-order valence-corrected chi connectivity index (χ2v) is 6.24. The summed E-state index contributed by atoms with van der Waals surface area (Å²) in [5, 5.41) is 0. The minimum Gasteiger partial charge on any atom is -0.368 e. The van der Waals surface area contributed by atoms with Gasteiger partial charge in [-0.3, -0.25) is 4.79 Å². The summed E-state index contributed by atoms with van der Waals surface area (Å²) in [7, 11) is 0. The molecule has 0 spiro atoms. The van der Waals surface area contributed by atoms with Gasteiger partial charge in [0.25, 0.3) is 0 Å². The van der Waals surface area contributed by atoms with Crippen LogP contribution in [0.1, 0.15) is 11.1 Å². The van der Waals surface area contributed by atoms with Crippen LogP contribution in [0, 0.1) is 5.82 Å². The van der Waals surface area contributed by atoms with Gasteiger partial charge < -0.3 is 9.80 Å². The van der Waals surface area contributed by atoms with Crippen LogP contribution in [0.25, 0.3) is 6.08 Å². The number of halogens is 4. The summed E-state index contributed by atoms with van der Waals surface area (Å²) in [5.41, 5.74) is 0.716. The fourth-order valence-corrected chi connectivity index (χ4v) is 2.89. The van der Waals surface area contributed by atoms with Crippen molar-refractivity contribution < 1.29 is 22.4 Å². The monoisotopic (exact) mass is 378 g/mol. The number of piperazine rings is 1. The molecule has 1 aliphatic heterocycles.